The zero-order valence-electron chi connectivity index (χ0n) is 7.57. The SMILES string of the molecule is COC1[C@H]2C[C@@H]2[C@@H]2C[C@@H]2[C@H]2C[C@H]12. The van der Waals surface area contributed by atoms with Gasteiger partial charge in [-0.25, -0.2) is 0 Å². The highest BCUT2D eigenvalue weighted by molar-refractivity contribution is 5.17. The van der Waals surface area contributed by atoms with Crippen LogP contribution in [0.5, 0.6) is 0 Å². The van der Waals surface area contributed by atoms with Gasteiger partial charge in [0.15, 0.2) is 0 Å². The Kier molecular flexibility index (Phi) is 0.934. The molecule has 7 atom stereocenters. The minimum absolute atomic E-state index is 0.674. The third kappa shape index (κ3) is 0.618. The van der Waals surface area contributed by atoms with Crippen LogP contribution in [-0.2, 0) is 4.74 Å². The molecule has 4 aliphatic rings. The third-order valence-electron chi connectivity index (χ3n) is 4.89. The maximum Gasteiger partial charge on any atom is 0.0633 e. The summed E-state index contributed by atoms with van der Waals surface area (Å²) in [7, 11) is 1.92. The van der Waals surface area contributed by atoms with Gasteiger partial charge in [-0.2, -0.15) is 0 Å². The lowest BCUT2D eigenvalue weighted by Crippen LogP contribution is -2.17. The molecule has 1 heteroatoms. The summed E-state index contributed by atoms with van der Waals surface area (Å²) in [6.07, 6.45) is 5.26. The van der Waals surface area contributed by atoms with Crippen LogP contribution in [0, 0.1) is 35.5 Å². The molecule has 1 nitrogen and oxygen atoms in total. The van der Waals surface area contributed by atoms with E-state index in [2.05, 4.69) is 0 Å². The summed E-state index contributed by atoms with van der Waals surface area (Å²) in [4.78, 5) is 0. The number of fused-ring (bicyclic) bond motifs is 5. The molecule has 0 radical (unpaired) electrons. The highest BCUT2D eigenvalue weighted by atomic mass is 16.5. The Morgan fingerprint density at radius 1 is 0.750 bits per heavy atom. The largest absolute Gasteiger partial charge is 0.381 e. The van der Waals surface area contributed by atoms with E-state index in [9.17, 15) is 0 Å². The van der Waals surface area contributed by atoms with Crippen molar-refractivity contribution >= 4 is 0 Å². The van der Waals surface area contributed by atoms with Crippen LogP contribution < -0.4 is 0 Å². The molecule has 66 valence electrons. The van der Waals surface area contributed by atoms with Crippen molar-refractivity contribution in [3.05, 3.63) is 0 Å². The Balaban J connectivity index is 1.67. The number of hydrogen-bond donors (Lipinski definition) is 0. The van der Waals surface area contributed by atoms with Crippen LogP contribution in [0.15, 0.2) is 0 Å². The number of hydrogen-bond acceptors (Lipinski definition) is 1. The molecule has 4 aliphatic carbocycles. The second-order valence-corrected chi connectivity index (χ2v) is 5.39. The molecule has 0 aliphatic heterocycles. The van der Waals surface area contributed by atoms with Crippen molar-refractivity contribution in [2.24, 2.45) is 35.5 Å². The summed E-state index contributed by atoms with van der Waals surface area (Å²) in [6.45, 7) is 0. The van der Waals surface area contributed by atoms with Gasteiger partial charge in [0.05, 0.1) is 6.10 Å². The Labute approximate surface area is 73.5 Å². The minimum atomic E-state index is 0.674. The third-order valence-corrected chi connectivity index (χ3v) is 4.89. The van der Waals surface area contributed by atoms with Crippen LogP contribution in [0.1, 0.15) is 19.3 Å². The fourth-order valence-corrected chi connectivity index (χ4v) is 4.10. The Hall–Kier alpha value is -0.0400. The summed E-state index contributed by atoms with van der Waals surface area (Å²) >= 11 is 0. The van der Waals surface area contributed by atoms with Crippen LogP contribution in [0.4, 0.5) is 0 Å². The zero-order valence-corrected chi connectivity index (χ0v) is 7.57. The average molecular weight is 164 g/mol. The van der Waals surface area contributed by atoms with E-state index in [4.69, 9.17) is 4.74 Å². The molecule has 0 aromatic heterocycles. The van der Waals surface area contributed by atoms with Gasteiger partial charge in [0, 0.05) is 7.11 Å². The molecule has 0 N–H and O–H groups in total. The molecular formula is C11H16O. The fraction of sp³-hybridized carbons (Fsp3) is 1.00. The predicted molar refractivity (Wildman–Crippen MR) is 45.6 cm³/mol. The Morgan fingerprint density at radius 2 is 1.17 bits per heavy atom. The topological polar surface area (TPSA) is 9.23 Å². The molecule has 0 bridgehead atoms. The maximum absolute atomic E-state index is 5.65. The van der Waals surface area contributed by atoms with Gasteiger partial charge in [-0.3, -0.25) is 0 Å². The lowest BCUT2D eigenvalue weighted by atomic mass is 10.1. The van der Waals surface area contributed by atoms with Crippen LogP contribution in [-0.4, -0.2) is 13.2 Å². The van der Waals surface area contributed by atoms with E-state index in [-0.39, 0.29) is 0 Å². The van der Waals surface area contributed by atoms with E-state index in [1.807, 2.05) is 7.11 Å². The lowest BCUT2D eigenvalue weighted by molar-refractivity contribution is 0.0592. The van der Waals surface area contributed by atoms with E-state index in [0.29, 0.717) is 6.10 Å². The summed E-state index contributed by atoms with van der Waals surface area (Å²) in [5.41, 5.74) is 0. The van der Waals surface area contributed by atoms with Crippen LogP contribution in [0.3, 0.4) is 0 Å². The van der Waals surface area contributed by atoms with Gasteiger partial charge >= 0.3 is 0 Å². The summed E-state index contributed by atoms with van der Waals surface area (Å²) < 4.78 is 5.65. The molecule has 0 amide bonds. The molecule has 1 unspecified atom stereocenters. The summed E-state index contributed by atoms with van der Waals surface area (Å²) in [5, 5.41) is 0. The van der Waals surface area contributed by atoms with E-state index < -0.39 is 0 Å². The average Bonchev–Trinajstić information content (AvgIpc) is 2.87. The van der Waals surface area contributed by atoms with Crippen molar-refractivity contribution in [3.63, 3.8) is 0 Å². The molecule has 12 heavy (non-hydrogen) atoms. The first-order chi connectivity index (χ1) is 5.90. The fourth-order valence-electron chi connectivity index (χ4n) is 4.10. The van der Waals surface area contributed by atoms with E-state index >= 15 is 0 Å². The molecule has 4 saturated carbocycles. The number of rotatable bonds is 1. The van der Waals surface area contributed by atoms with Crippen molar-refractivity contribution in [1.29, 1.82) is 0 Å². The predicted octanol–water partition coefficient (Wildman–Crippen LogP) is 1.92. The zero-order chi connectivity index (χ0) is 7.87. The smallest absolute Gasteiger partial charge is 0.0633 e. The van der Waals surface area contributed by atoms with Gasteiger partial charge in [-0.05, 0) is 54.8 Å². The van der Waals surface area contributed by atoms with Crippen LogP contribution in [0.2, 0.25) is 0 Å². The maximum atomic E-state index is 5.65. The van der Waals surface area contributed by atoms with Crippen molar-refractivity contribution in [1.82, 2.24) is 0 Å². The molecule has 4 rings (SSSR count). The van der Waals surface area contributed by atoms with E-state index in [1.165, 1.54) is 12.8 Å². The highest BCUT2D eigenvalue weighted by Gasteiger charge is 2.68. The molecule has 0 aromatic rings. The van der Waals surface area contributed by atoms with Crippen molar-refractivity contribution in [3.8, 4) is 0 Å². The van der Waals surface area contributed by atoms with Crippen LogP contribution in [0.25, 0.3) is 0 Å². The van der Waals surface area contributed by atoms with Crippen molar-refractivity contribution in [2.75, 3.05) is 7.11 Å². The van der Waals surface area contributed by atoms with E-state index in [0.717, 1.165) is 35.5 Å². The standard InChI is InChI=1S/C11H16O/c1-12-11-9-3-7(9)5-2-6(5)8-4-10(8)11/h5-11H,2-4H2,1H3/t5-,6+,7-,8-,9+,10+,11?/m1/s1. The first-order valence-electron chi connectivity index (χ1n) is 5.43. The molecule has 4 fully saturated rings. The Bertz CT molecular complexity index is 215. The minimum Gasteiger partial charge on any atom is -0.381 e. The van der Waals surface area contributed by atoms with Gasteiger partial charge in [-0.1, -0.05) is 0 Å². The summed E-state index contributed by atoms with van der Waals surface area (Å²) in [5.74, 6) is 6.50. The summed E-state index contributed by atoms with van der Waals surface area (Å²) in [6, 6.07) is 0. The molecule has 0 spiro atoms. The number of methoxy groups -OCH3 is 1. The molecular weight excluding hydrogens is 148 g/mol. The van der Waals surface area contributed by atoms with Gasteiger partial charge in [-0.15, -0.1) is 0 Å². The highest BCUT2D eigenvalue weighted by Crippen LogP contribution is 2.72. The molecule has 0 heterocycles. The lowest BCUT2D eigenvalue weighted by Gasteiger charge is -2.13. The first kappa shape index (κ1) is 6.42. The monoisotopic (exact) mass is 164 g/mol. The first-order valence-corrected chi connectivity index (χ1v) is 5.43. The van der Waals surface area contributed by atoms with E-state index in [1.54, 1.807) is 6.42 Å². The van der Waals surface area contributed by atoms with Gasteiger partial charge in [0.2, 0.25) is 0 Å². The van der Waals surface area contributed by atoms with Gasteiger partial charge in [0.25, 0.3) is 0 Å². The number of ether oxygens (including phenoxy) is 1. The quantitative estimate of drug-likeness (QED) is 0.575. The van der Waals surface area contributed by atoms with Gasteiger partial charge < -0.3 is 4.74 Å². The van der Waals surface area contributed by atoms with Crippen molar-refractivity contribution < 1.29 is 4.74 Å². The normalized spacial score (nSPS) is 70.2. The van der Waals surface area contributed by atoms with Gasteiger partial charge in [0.1, 0.15) is 0 Å². The second-order valence-electron chi connectivity index (χ2n) is 5.39. The van der Waals surface area contributed by atoms with Crippen molar-refractivity contribution in [2.45, 2.75) is 25.4 Å². The Morgan fingerprint density at radius 3 is 1.67 bits per heavy atom. The molecule has 0 saturated heterocycles. The van der Waals surface area contributed by atoms with Crippen LogP contribution >= 0.6 is 0 Å². The second kappa shape index (κ2) is 1.75. The molecule has 0 aromatic carbocycles.